The van der Waals surface area contributed by atoms with Gasteiger partial charge in [-0.1, -0.05) is 69.6 Å². The van der Waals surface area contributed by atoms with Crippen LogP contribution in [0.1, 0.15) is 123 Å². The number of hydrogen-bond donors (Lipinski definition) is 4. The van der Waals surface area contributed by atoms with Crippen molar-refractivity contribution in [1.29, 1.82) is 0 Å². The molecule has 34 heavy (non-hydrogen) atoms. The molecule has 4 N–H and O–H groups in total. The van der Waals surface area contributed by atoms with Gasteiger partial charge in [-0.25, -0.2) is 15.0 Å². The highest BCUT2D eigenvalue weighted by molar-refractivity contribution is 6.05. The quantitative estimate of drug-likeness (QED) is 0.393. The van der Waals surface area contributed by atoms with E-state index >= 15 is 0 Å². The van der Waals surface area contributed by atoms with Gasteiger partial charge in [0.05, 0.1) is 16.8 Å². The van der Waals surface area contributed by atoms with E-state index in [2.05, 4.69) is 16.9 Å². The van der Waals surface area contributed by atoms with Crippen molar-refractivity contribution in [2.75, 3.05) is 6.54 Å². The van der Waals surface area contributed by atoms with Crippen molar-refractivity contribution in [2.24, 2.45) is 0 Å². The van der Waals surface area contributed by atoms with E-state index in [1.165, 1.54) is 56.6 Å². The SMILES string of the molecule is O=C(O)c1cccc(C2=C(C3=CCCCCCCCCC3)CCCCCCCNN2)c1C(=O)O. The molecular weight excluding hydrogens is 428 g/mol. The van der Waals surface area contributed by atoms with Gasteiger partial charge in [0, 0.05) is 12.1 Å². The lowest BCUT2D eigenvalue weighted by atomic mass is 9.88. The third-order valence-electron chi connectivity index (χ3n) is 6.95. The highest BCUT2D eigenvalue weighted by Crippen LogP contribution is 2.33. The van der Waals surface area contributed by atoms with Crippen LogP contribution < -0.4 is 10.9 Å². The molecule has 0 spiro atoms. The van der Waals surface area contributed by atoms with Crippen LogP contribution in [-0.2, 0) is 0 Å². The third kappa shape index (κ3) is 7.45. The van der Waals surface area contributed by atoms with Gasteiger partial charge in [-0.05, 0) is 62.2 Å². The highest BCUT2D eigenvalue weighted by Gasteiger charge is 2.25. The molecule has 0 saturated carbocycles. The summed E-state index contributed by atoms with van der Waals surface area (Å²) in [6.45, 7) is 0.775. The summed E-state index contributed by atoms with van der Waals surface area (Å²) < 4.78 is 0. The van der Waals surface area contributed by atoms with Gasteiger partial charge in [-0.3, -0.25) is 0 Å². The van der Waals surface area contributed by atoms with E-state index < -0.39 is 11.9 Å². The number of aromatic carboxylic acids is 2. The molecule has 1 aromatic rings. The monoisotopic (exact) mass is 468 g/mol. The highest BCUT2D eigenvalue weighted by atomic mass is 16.4. The molecule has 6 nitrogen and oxygen atoms in total. The van der Waals surface area contributed by atoms with Gasteiger partial charge < -0.3 is 15.6 Å². The summed E-state index contributed by atoms with van der Waals surface area (Å²) in [5.74, 6) is -2.44. The van der Waals surface area contributed by atoms with Crippen LogP contribution in [0.15, 0.2) is 35.4 Å². The fraction of sp³-hybridized carbons (Fsp3) is 0.571. The maximum Gasteiger partial charge on any atom is 0.337 e. The smallest absolute Gasteiger partial charge is 0.337 e. The molecule has 0 bridgehead atoms. The molecule has 1 aromatic carbocycles. The molecule has 0 amide bonds. The first kappa shape index (κ1) is 26.0. The van der Waals surface area contributed by atoms with Crippen LogP contribution >= 0.6 is 0 Å². The molecule has 0 saturated heterocycles. The summed E-state index contributed by atoms with van der Waals surface area (Å²) in [4.78, 5) is 24.2. The molecule has 0 unspecified atom stereocenters. The van der Waals surface area contributed by atoms with Crippen LogP contribution in [0.3, 0.4) is 0 Å². The van der Waals surface area contributed by atoms with E-state index in [0.717, 1.165) is 69.2 Å². The lowest BCUT2D eigenvalue weighted by Gasteiger charge is -2.22. The van der Waals surface area contributed by atoms with E-state index in [1.807, 2.05) is 0 Å². The molecule has 1 heterocycles. The topological polar surface area (TPSA) is 98.7 Å². The molecule has 0 fully saturated rings. The summed E-state index contributed by atoms with van der Waals surface area (Å²) in [6, 6.07) is 4.76. The number of benzene rings is 1. The fourth-order valence-corrected chi connectivity index (χ4v) is 5.11. The number of carboxylic acids is 2. The Kier molecular flexibility index (Phi) is 10.7. The summed E-state index contributed by atoms with van der Waals surface area (Å²) in [5, 5.41) is 19.7. The van der Waals surface area contributed by atoms with Crippen LogP contribution in [0.5, 0.6) is 0 Å². The van der Waals surface area contributed by atoms with Gasteiger partial charge in [-0.2, -0.15) is 0 Å². The molecule has 186 valence electrons. The molecule has 3 rings (SSSR count). The Morgan fingerprint density at radius 1 is 0.735 bits per heavy atom. The van der Waals surface area contributed by atoms with Crippen LogP contribution in [-0.4, -0.2) is 28.7 Å². The minimum absolute atomic E-state index is 0.149. The van der Waals surface area contributed by atoms with Crippen molar-refractivity contribution in [3.05, 3.63) is 52.1 Å². The fourth-order valence-electron chi connectivity index (χ4n) is 5.11. The average molecular weight is 469 g/mol. The van der Waals surface area contributed by atoms with Gasteiger partial charge in [0.15, 0.2) is 0 Å². The Balaban J connectivity index is 2.15. The molecular formula is C28H40N2O4. The van der Waals surface area contributed by atoms with Crippen LogP contribution in [0.4, 0.5) is 0 Å². The normalized spacial score (nSPS) is 19.7. The van der Waals surface area contributed by atoms with E-state index in [9.17, 15) is 19.8 Å². The molecule has 0 radical (unpaired) electrons. The molecule has 2 aliphatic rings. The summed E-state index contributed by atoms with van der Waals surface area (Å²) in [6.07, 6.45) is 19.4. The number of carbonyl (C=O) groups is 2. The lowest BCUT2D eigenvalue weighted by Crippen LogP contribution is -2.33. The first-order chi connectivity index (χ1) is 16.6. The lowest BCUT2D eigenvalue weighted by molar-refractivity contribution is 0.0651. The van der Waals surface area contributed by atoms with E-state index in [4.69, 9.17) is 0 Å². The van der Waals surface area contributed by atoms with Crippen molar-refractivity contribution < 1.29 is 19.8 Å². The van der Waals surface area contributed by atoms with Crippen LogP contribution in [0, 0.1) is 0 Å². The number of hydrazine groups is 1. The largest absolute Gasteiger partial charge is 0.478 e. The van der Waals surface area contributed by atoms with Gasteiger partial charge in [-0.15, -0.1) is 0 Å². The number of nitrogens with one attached hydrogen (secondary N) is 2. The maximum absolute atomic E-state index is 12.3. The molecule has 0 aromatic heterocycles. The van der Waals surface area contributed by atoms with Gasteiger partial charge in [0.25, 0.3) is 0 Å². The van der Waals surface area contributed by atoms with Crippen molar-refractivity contribution in [2.45, 2.75) is 96.3 Å². The van der Waals surface area contributed by atoms with Crippen molar-refractivity contribution >= 4 is 17.6 Å². The minimum Gasteiger partial charge on any atom is -0.478 e. The number of carboxylic acid groups (broad SMARTS) is 2. The first-order valence-corrected chi connectivity index (χ1v) is 13.1. The summed E-state index contributed by atoms with van der Waals surface area (Å²) in [5.41, 5.74) is 9.93. The number of allylic oxidation sites excluding steroid dienone is 3. The van der Waals surface area contributed by atoms with E-state index in [1.54, 1.807) is 12.1 Å². The van der Waals surface area contributed by atoms with Crippen molar-refractivity contribution in [3.8, 4) is 0 Å². The maximum atomic E-state index is 12.3. The molecule has 6 heteroatoms. The second-order valence-electron chi connectivity index (χ2n) is 9.50. The van der Waals surface area contributed by atoms with Crippen LogP contribution in [0.25, 0.3) is 5.70 Å². The van der Waals surface area contributed by atoms with E-state index in [-0.39, 0.29) is 11.1 Å². The predicted octanol–water partition coefficient (Wildman–Crippen LogP) is 6.69. The predicted molar refractivity (Wildman–Crippen MR) is 136 cm³/mol. The molecule has 1 aliphatic carbocycles. The Bertz CT molecular complexity index is 904. The van der Waals surface area contributed by atoms with Crippen molar-refractivity contribution in [1.82, 2.24) is 10.9 Å². The third-order valence-corrected chi connectivity index (χ3v) is 6.95. The summed E-state index contributed by atoms with van der Waals surface area (Å²) >= 11 is 0. The number of rotatable bonds is 4. The van der Waals surface area contributed by atoms with Crippen molar-refractivity contribution in [3.63, 3.8) is 0 Å². The van der Waals surface area contributed by atoms with Gasteiger partial charge >= 0.3 is 11.9 Å². The zero-order valence-electron chi connectivity index (χ0n) is 20.3. The Morgan fingerprint density at radius 3 is 2.09 bits per heavy atom. The minimum atomic E-state index is -1.22. The number of hydrogen-bond acceptors (Lipinski definition) is 4. The second kappa shape index (κ2) is 14.0. The van der Waals surface area contributed by atoms with Gasteiger partial charge in [0.2, 0.25) is 0 Å². The zero-order valence-corrected chi connectivity index (χ0v) is 20.3. The average Bonchev–Trinajstić information content (AvgIpc) is 2.92. The van der Waals surface area contributed by atoms with Gasteiger partial charge in [0.1, 0.15) is 0 Å². The van der Waals surface area contributed by atoms with Crippen LogP contribution in [0.2, 0.25) is 0 Å². The first-order valence-electron chi connectivity index (χ1n) is 13.1. The second-order valence-corrected chi connectivity index (χ2v) is 9.50. The Morgan fingerprint density at radius 2 is 1.38 bits per heavy atom. The standard InChI is InChI=1S/C28H40N2O4/c31-27(32)24-19-14-18-23(25(24)28(33)34)26-22(17-12-8-5-9-13-20-29-30-26)21-15-10-6-3-1-2-4-7-11-16-21/h14-15,18-19,29-30H,1-13,16-17,20H2,(H,31,32)(H,33,34). The molecule has 1 aliphatic heterocycles. The summed E-state index contributed by atoms with van der Waals surface area (Å²) in [7, 11) is 0. The Hall–Kier alpha value is -2.60. The zero-order chi connectivity index (χ0) is 24.2. The Labute approximate surface area is 203 Å². The van der Waals surface area contributed by atoms with E-state index in [0.29, 0.717) is 5.56 Å². The molecule has 0 atom stereocenters.